The number of allylic oxidation sites excluding steroid dienone is 2. The third kappa shape index (κ3) is 4.55. The van der Waals surface area contributed by atoms with Crippen LogP contribution in [-0.2, 0) is 0 Å². The van der Waals surface area contributed by atoms with Crippen molar-refractivity contribution in [3.8, 4) is 28.2 Å². The zero-order chi connectivity index (χ0) is 33.0. The molecule has 3 nitrogen and oxygen atoms in total. The molecule has 236 valence electrons. The number of fused-ring (bicyclic) bond motifs is 6. The van der Waals surface area contributed by atoms with Gasteiger partial charge in [0.15, 0.2) is 0 Å². The first-order valence-electron chi connectivity index (χ1n) is 17.3. The molecule has 0 saturated carbocycles. The molecule has 1 aliphatic heterocycles. The van der Waals surface area contributed by atoms with Gasteiger partial charge in [-0.3, -0.25) is 4.57 Å². The van der Waals surface area contributed by atoms with Gasteiger partial charge in [-0.1, -0.05) is 146 Å². The molecule has 0 spiro atoms. The van der Waals surface area contributed by atoms with Crippen LogP contribution in [0.5, 0.6) is 0 Å². The monoisotopic (exact) mass is 639 g/mol. The molecule has 1 aliphatic carbocycles. The van der Waals surface area contributed by atoms with Crippen molar-refractivity contribution < 1.29 is 0 Å². The summed E-state index contributed by atoms with van der Waals surface area (Å²) in [5.41, 5.74) is 13.1. The number of hydrogen-bond acceptors (Lipinski definition) is 2. The van der Waals surface area contributed by atoms with Gasteiger partial charge in [0.2, 0.25) is 0 Å². The van der Waals surface area contributed by atoms with Crippen molar-refractivity contribution in [3.05, 3.63) is 199 Å². The van der Waals surface area contributed by atoms with Gasteiger partial charge in [-0.05, 0) is 70.3 Å². The lowest BCUT2D eigenvalue weighted by atomic mass is 9.80. The number of hydrogen-bond donors (Lipinski definition) is 0. The molecule has 50 heavy (non-hydrogen) atoms. The third-order valence-corrected chi connectivity index (χ3v) is 10.3. The maximum atomic E-state index is 5.37. The summed E-state index contributed by atoms with van der Waals surface area (Å²) in [6, 6.07) is 61.2. The standard InChI is InChI=1S/C47H33N3/c1-4-15-32(16-5-1)35-29-41(33-17-6-2-7-18-33)48-46(31-35)50-42-24-12-10-21-38(42)39-28-27-34(30-45(39)50)37-23-14-26-44-47(37)40-22-11-13-25-43(40)49(44)36-19-8-3-9-20-36/h1-31,44,47H. The van der Waals surface area contributed by atoms with E-state index >= 15 is 0 Å². The summed E-state index contributed by atoms with van der Waals surface area (Å²) in [6.07, 6.45) is 6.93. The third-order valence-electron chi connectivity index (χ3n) is 10.3. The van der Waals surface area contributed by atoms with Gasteiger partial charge < -0.3 is 4.90 Å². The summed E-state index contributed by atoms with van der Waals surface area (Å²) < 4.78 is 2.36. The van der Waals surface area contributed by atoms with Gasteiger partial charge in [-0.25, -0.2) is 4.98 Å². The van der Waals surface area contributed by atoms with Gasteiger partial charge in [0.25, 0.3) is 0 Å². The predicted octanol–water partition coefficient (Wildman–Crippen LogP) is 11.8. The van der Waals surface area contributed by atoms with Gasteiger partial charge >= 0.3 is 0 Å². The molecule has 2 aromatic heterocycles. The Hall–Kier alpha value is -6.45. The molecule has 3 heterocycles. The summed E-state index contributed by atoms with van der Waals surface area (Å²) in [4.78, 5) is 7.87. The molecule has 0 N–H and O–H groups in total. The molecule has 0 saturated heterocycles. The van der Waals surface area contributed by atoms with Crippen molar-refractivity contribution in [2.75, 3.05) is 4.90 Å². The van der Waals surface area contributed by atoms with Gasteiger partial charge in [-0.2, -0.15) is 0 Å². The van der Waals surface area contributed by atoms with Crippen LogP contribution in [0.25, 0.3) is 55.6 Å². The fourth-order valence-electron chi connectivity index (χ4n) is 8.15. The maximum Gasteiger partial charge on any atom is 0.138 e. The van der Waals surface area contributed by atoms with E-state index in [2.05, 4.69) is 198 Å². The number of rotatable bonds is 5. The summed E-state index contributed by atoms with van der Waals surface area (Å²) in [5, 5.41) is 2.44. The fraction of sp³-hybridized carbons (Fsp3) is 0.0426. The Morgan fingerprint density at radius 1 is 0.500 bits per heavy atom. The molecular formula is C47H33N3. The van der Waals surface area contributed by atoms with Crippen LogP contribution in [0, 0.1) is 0 Å². The normalized spacial score (nSPS) is 16.4. The Kier molecular flexibility index (Phi) is 6.63. The van der Waals surface area contributed by atoms with Crippen molar-refractivity contribution in [1.82, 2.24) is 9.55 Å². The number of benzene rings is 6. The van der Waals surface area contributed by atoms with Gasteiger partial charge in [-0.15, -0.1) is 0 Å². The predicted molar refractivity (Wildman–Crippen MR) is 208 cm³/mol. The van der Waals surface area contributed by atoms with E-state index in [-0.39, 0.29) is 12.0 Å². The summed E-state index contributed by atoms with van der Waals surface area (Å²) in [7, 11) is 0. The molecule has 2 atom stereocenters. The van der Waals surface area contributed by atoms with Gasteiger partial charge in [0.1, 0.15) is 5.82 Å². The molecule has 8 aromatic rings. The lowest BCUT2D eigenvalue weighted by Gasteiger charge is -2.31. The van der Waals surface area contributed by atoms with E-state index in [1.54, 1.807) is 0 Å². The van der Waals surface area contributed by atoms with Crippen molar-refractivity contribution in [3.63, 3.8) is 0 Å². The molecule has 2 unspecified atom stereocenters. The Balaban J connectivity index is 1.18. The minimum atomic E-state index is 0.189. The van der Waals surface area contributed by atoms with E-state index in [1.807, 2.05) is 0 Å². The number of para-hydroxylation sites is 3. The van der Waals surface area contributed by atoms with Crippen LogP contribution in [-0.4, -0.2) is 15.6 Å². The van der Waals surface area contributed by atoms with Gasteiger partial charge in [0, 0.05) is 33.6 Å². The second-order valence-electron chi connectivity index (χ2n) is 13.2. The van der Waals surface area contributed by atoms with E-state index in [4.69, 9.17) is 4.98 Å². The number of nitrogens with zero attached hydrogens (tertiary/aromatic N) is 3. The number of pyridine rings is 1. The molecule has 3 heteroatoms. The summed E-state index contributed by atoms with van der Waals surface area (Å²) in [6.45, 7) is 0. The van der Waals surface area contributed by atoms with Crippen LogP contribution in [0.4, 0.5) is 11.4 Å². The van der Waals surface area contributed by atoms with E-state index in [0.29, 0.717) is 0 Å². The quantitative estimate of drug-likeness (QED) is 0.187. The molecule has 0 amide bonds. The van der Waals surface area contributed by atoms with Crippen molar-refractivity contribution in [2.45, 2.75) is 12.0 Å². The largest absolute Gasteiger partial charge is 0.333 e. The van der Waals surface area contributed by atoms with E-state index in [1.165, 1.54) is 44.4 Å². The number of anilines is 2. The smallest absolute Gasteiger partial charge is 0.138 e. The SMILES string of the molecule is C1=CC2C(C(c3ccc4c5ccccc5n(-c5cc(-c6ccccc6)cc(-c6ccccc6)n5)c4c3)=C1)c1ccccc1N2c1ccccc1. The van der Waals surface area contributed by atoms with Crippen LogP contribution in [0.2, 0.25) is 0 Å². The highest BCUT2D eigenvalue weighted by atomic mass is 15.2. The molecule has 10 rings (SSSR count). The Labute approximate surface area is 291 Å². The first kappa shape index (κ1) is 28.6. The van der Waals surface area contributed by atoms with Crippen molar-refractivity contribution in [1.29, 1.82) is 0 Å². The minimum Gasteiger partial charge on any atom is -0.333 e. The van der Waals surface area contributed by atoms with Crippen LogP contribution in [0.15, 0.2) is 188 Å². The lowest BCUT2D eigenvalue weighted by Crippen LogP contribution is -2.29. The van der Waals surface area contributed by atoms with E-state index < -0.39 is 0 Å². The highest BCUT2D eigenvalue weighted by Gasteiger charge is 2.41. The number of aromatic nitrogens is 2. The van der Waals surface area contributed by atoms with Crippen LogP contribution >= 0.6 is 0 Å². The minimum absolute atomic E-state index is 0.189. The highest BCUT2D eigenvalue weighted by Crippen LogP contribution is 2.52. The Morgan fingerprint density at radius 2 is 1.18 bits per heavy atom. The lowest BCUT2D eigenvalue weighted by molar-refractivity contribution is 0.759. The first-order valence-corrected chi connectivity index (χ1v) is 17.3. The van der Waals surface area contributed by atoms with Crippen LogP contribution in [0.1, 0.15) is 17.0 Å². The molecule has 6 aromatic carbocycles. The molecule has 0 fully saturated rings. The Bertz CT molecular complexity index is 2540. The second-order valence-corrected chi connectivity index (χ2v) is 13.2. The van der Waals surface area contributed by atoms with Crippen molar-refractivity contribution >= 4 is 38.8 Å². The van der Waals surface area contributed by atoms with E-state index in [9.17, 15) is 0 Å². The summed E-state index contributed by atoms with van der Waals surface area (Å²) in [5.74, 6) is 1.11. The molecular weight excluding hydrogens is 607 g/mol. The average Bonchev–Trinajstić information content (AvgIpc) is 3.71. The highest BCUT2D eigenvalue weighted by molar-refractivity contribution is 6.10. The average molecular weight is 640 g/mol. The van der Waals surface area contributed by atoms with Crippen molar-refractivity contribution in [2.24, 2.45) is 0 Å². The van der Waals surface area contributed by atoms with Crippen LogP contribution in [0.3, 0.4) is 0 Å². The maximum absolute atomic E-state index is 5.37. The molecule has 2 aliphatic rings. The fourth-order valence-corrected chi connectivity index (χ4v) is 8.15. The second kappa shape index (κ2) is 11.6. The van der Waals surface area contributed by atoms with Gasteiger partial charge in [0.05, 0.1) is 22.8 Å². The van der Waals surface area contributed by atoms with Crippen LogP contribution < -0.4 is 4.90 Å². The Morgan fingerprint density at radius 3 is 2.00 bits per heavy atom. The molecule has 0 bridgehead atoms. The topological polar surface area (TPSA) is 21.1 Å². The molecule has 0 radical (unpaired) electrons. The zero-order valence-corrected chi connectivity index (χ0v) is 27.4. The zero-order valence-electron chi connectivity index (χ0n) is 27.4. The van der Waals surface area contributed by atoms with E-state index in [0.717, 1.165) is 33.7 Å². The first-order chi connectivity index (χ1) is 24.8. The summed E-state index contributed by atoms with van der Waals surface area (Å²) >= 11 is 0.